The number of phenolic OH excluding ortho intramolecular Hbond substituents is 1. The molecule has 5 N–H and O–H groups in total. The van der Waals surface area contributed by atoms with Gasteiger partial charge in [0.05, 0.1) is 12.1 Å². The number of ether oxygens (including phenoxy) is 2. The smallest absolute Gasteiger partial charge is 0.248 e. The summed E-state index contributed by atoms with van der Waals surface area (Å²) in [6.45, 7) is 2.06. The topological polar surface area (TPSA) is 118 Å². The van der Waals surface area contributed by atoms with Gasteiger partial charge in [0.25, 0.3) is 0 Å². The fourth-order valence-corrected chi connectivity index (χ4v) is 2.94. The van der Waals surface area contributed by atoms with Crippen molar-refractivity contribution < 1.29 is 19.4 Å². The van der Waals surface area contributed by atoms with Crippen molar-refractivity contribution in [3.05, 3.63) is 87.4 Å². The van der Waals surface area contributed by atoms with Crippen LogP contribution in [0.2, 0.25) is 10.0 Å². The van der Waals surface area contributed by atoms with Crippen molar-refractivity contribution in [1.82, 2.24) is 5.32 Å². The first-order valence-corrected chi connectivity index (χ1v) is 10.6. The number of amides is 1. The lowest BCUT2D eigenvalue weighted by molar-refractivity contribution is 0.100. The van der Waals surface area contributed by atoms with Crippen LogP contribution >= 0.6 is 23.2 Å². The van der Waals surface area contributed by atoms with Gasteiger partial charge >= 0.3 is 0 Å². The van der Waals surface area contributed by atoms with Gasteiger partial charge < -0.3 is 31.0 Å². The molecule has 0 aliphatic carbocycles. The molecule has 0 heterocycles. The summed E-state index contributed by atoms with van der Waals surface area (Å²) < 4.78 is 10.9. The number of nitrogens with one attached hydrogen (secondary N) is 2. The van der Waals surface area contributed by atoms with Crippen molar-refractivity contribution in [2.24, 2.45) is 5.73 Å². The Bertz CT molecular complexity index is 1080. The Labute approximate surface area is 202 Å². The molecule has 174 valence electrons. The minimum atomic E-state index is -0.563. The molecule has 3 aromatic carbocycles. The lowest BCUT2D eigenvalue weighted by Gasteiger charge is -2.10. The quantitative estimate of drug-likeness (QED) is 0.257. The zero-order chi connectivity index (χ0) is 24.2. The summed E-state index contributed by atoms with van der Waals surface area (Å²) in [5.74, 6) is 0.751. The molecule has 0 aromatic heterocycles. The number of aromatic hydroxyl groups is 1. The summed E-state index contributed by atoms with van der Waals surface area (Å²) in [6, 6.07) is 17.2. The first kappa shape index (κ1) is 26.0. The SMILES string of the molecule is COc1cc(OCCNCc2ccc(Cl)cc2)ccc1C=N.NC(=O)c1ccc(O)c(Cl)c1. The van der Waals surface area contributed by atoms with Crippen LogP contribution in [0.1, 0.15) is 21.5 Å². The molecule has 0 atom stereocenters. The Hall–Kier alpha value is -3.26. The molecule has 0 unspecified atom stereocenters. The molecule has 33 heavy (non-hydrogen) atoms. The van der Waals surface area contributed by atoms with E-state index in [9.17, 15) is 4.79 Å². The minimum Gasteiger partial charge on any atom is -0.506 e. The highest BCUT2D eigenvalue weighted by atomic mass is 35.5. The Morgan fingerprint density at radius 2 is 1.85 bits per heavy atom. The molecule has 0 aliphatic rings. The van der Waals surface area contributed by atoms with Gasteiger partial charge in [0, 0.05) is 41.5 Å². The second-order valence-electron chi connectivity index (χ2n) is 6.73. The van der Waals surface area contributed by atoms with Gasteiger partial charge in [-0.3, -0.25) is 4.79 Å². The zero-order valence-corrected chi connectivity index (χ0v) is 19.5. The van der Waals surface area contributed by atoms with Crippen molar-refractivity contribution in [1.29, 1.82) is 5.41 Å². The standard InChI is InChI=1S/C17H19ClN2O2.C7H6ClNO2/c1-21-17-10-16(7-4-14(17)11-19)22-9-8-20-12-13-2-5-15(18)6-3-13;8-5-3-4(7(9)11)1-2-6(5)10/h2-7,10-11,19-20H,8-9,12H2,1H3;1-3,10H,(H2,9,11). The van der Waals surface area contributed by atoms with E-state index in [1.165, 1.54) is 30.0 Å². The predicted molar refractivity (Wildman–Crippen MR) is 131 cm³/mol. The number of phenols is 1. The predicted octanol–water partition coefficient (Wildman–Crippen LogP) is 4.66. The molecule has 1 amide bonds. The third kappa shape index (κ3) is 8.65. The molecular formula is C24H25Cl2N3O4. The van der Waals surface area contributed by atoms with E-state index in [1.807, 2.05) is 36.4 Å². The van der Waals surface area contributed by atoms with Crippen LogP contribution in [0, 0.1) is 5.41 Å². The van der Waals surface area contributed by atoms with Gasteiger partial charge in [0.1, 0.15) is 23.9 Å². The number of benzene rings is 3. The van der Waals surface area contributed by atoms with Crippen LogP contribution in [-0.4, -0.2) is 37.5 Å². The number of rotatable bonds is 9. The van der Waals surface area contributed by atoms with Gasteiger partial charge in [0.15, 0.2) is 0 Å². The summed E-state index contributed by atoms with van der Waals surface area (Å²) in [5.41, 5.74) is 7.15. The highest BCUT2D eigenvalue weighted by Gasteiger charge is 2.04. The minimum absolute atomic E-state index is 0.0586. The number of carbonyl (C=O) groups is 1. The van der Waals surface area contributed by atoms with Crippen molar-refractivity contribution >= 4 is 35.3 Å². The second-order valence-corrected chi connectivity index (χ2v) is 7.57. The maximum absolute atomic E-state index is 10.5. The highest BCUT2D eigenvalue weighted by Crippen LogP contribution is 2.24. The molecular weight excluding hydrogens is 465 g/mol. The summed E-state index contributed by atoms with van der Waals surface area (Å²) >= 11 is 11.3. The maximum Gasteiger partial charge on any atom is 0.248 e. The number of carbonyl (C=O) groups excluding carboxylic acids is 1. The van der Waals surface area contributed by atoms with E-state index in [-0.39, 0.29) is 16.3 Å². The van der Waals surface area contributed by atoms with E-state index < -0.39 is 5.91 Å². The molecule has 0 saturated heterocycles. The van der Waals surface area contributed by atoms with Gasteiger partial charge in [-0.1, -0.05) is 35.3 Å². The Balaban J connectivity index is 0.000000294. The summed E-state index contributed by atoms with van der Waals surface area (Å²) in [7, 11) is 1.58. The maximum atomic E-state index is 10.5. The second kappa shape index (κ2) is 13.3. The fraction of sp³-hybridized carbons (Fsp3) is 0.167. The number of nitrogens with two attached hydrogens (primary N) is 1. The van der Waals surface area contributed by atoms with Crippen LogP contribution < -0.4 is 20.5 Å². The van der Waals surface area contributed by atoms with E-state index >= 15 is 0 Å². The number of hydrogen-bond acceptors (Lipinski definition) is 6. The van der Waals surface area contributed by atoms with Gasteiger partial charge in [0.2, 0.25) is 5.91 Å². The highest BCUT2D eigenvalue weighted by molar-refractivity contribution is 6.32. The van der Waals surface area contributed by atoms with Crippen LogP contribution in [0.25, 0.3) is 0 Å². The van der Waals surface area contributed by atoms with Crippen LogP contribution in [0.4, 0.5) is 0 Å². The third-order valence-corrected chi connectivity index (χ3v) is 4.94. The summed E-state index contributed by atoms with van der Waals surface area (Å²) in [5, 5.41) is 20.4. The van der Waals surface area contributed by atoms with Crippen LogP contribution in [0.15, 0.2) is 60.7 Å². The first-order valence-electron chi connectivity index (χ1n) is 9.88. The van der Waals surface area contributed by atoms with Crippen molar-refractivity contribution in [3.63, 3.8) is 0 Å². The first-order chi connectivity index (χ1) is 15.8. The monoisotopic (exact) mass is 489 g/mol. The van der Waals surface area contributed by atoms with E-state index in [2.05, 4.69) is 5.32 Å². The molecule has 0 radical (unpaired) electrons. The van der Waals surface area contributed by atoms with E-state index in [0.717, 1.165) is 29.4 Å². The molecule has 7 nitrogen and oxygen atoms in total. The normalized spacial score (nSPS) is 10.0. The molecule has 0 spiro atoms. The number of methoxy groups -OCH3 is 1. The summed E-state index contributed by atoms with van der Waals surface area (Å²) in [4.78, 5) is 10.5. The molecule has 0 fully saturated rings. The van der Waals surface area contributed by atoms with Crippen LogP contribution in [0.3, 0.4) is 0 Å². The number of halogens is 2. The van der Waals surface area contributed by atoms with Gasteiger partial charge in [-0.05, 0) is 48.0 Å². The lowest BCUT2D eigenvalue weighted by atomic mass is 10.2. The third-order valence-electron chi connectivity index (χ3n) is 4.38. The van der Waals surface area contributed by atoms with Crippen LogP contribution in [-0.2, 0) is 6.54 Å². The average Bonchev–Trinajstić information content (AvgIpc) is 2.82. The largest absolute Gasteiger partial charge is 0.506 e. The van der Waals surface area contributed by atoms with Crippen molar-refractivity contribution in [3.8, 4) is 17.2 Å². The van der Waals surface area contributed by atoms with E-state index in [0.29, 0.717) is 12.4 Å². The molecule has 9 heteroatoms. The fourth-order valence-electron chi connectivity index (χ4n) is 2.64. The molecule has 3 aromatic rings. The zero-order valence-electron chi connectivity index (χ0n) is 18.0. The van der Waals surface area contributed by atoms with Crippen LogP contribution in [0.5, 0.6) is 17.2 Å². The van der Waals surface area contributed by atoms with Crippen molar-refractivity contribution in [2.45, 2.75) is 6.54 Å². The Kier molecular flexibility index (Phi) is 10.5. The van der Waals surface area contributed by atoms with E-state index in [4.69, 9.17) is 48.9 Å². The lowest BCUT2D eigenvalue weighted by Crippen LogP contribution is -2.20. The van der Waals surface area contributed by atoms with Gasteiger partial charge in [-0.15, -0.1) is 0 Å². The molecule has 3 rings (SSSR count). The number of primary amides is 1. The molecule has 0 saturated carbocycles. The average molecular weight is 490 g/mol. The van der Waals surface area contributed by atoms with Gasteiger partial charge in [-0.2, -0.15) is 0 Å². The Morgan fingerprint density at radius 1 is 1.12 bits per heavy atom. The summed E-state index contributed by atoms with van der Waals surface area (Å²) in [6.07, 6.45) is 1.26. The number of hydrogen-bond donors (Lipinski definition) is 4. The molecule has 0 bridgehead atoms. The Morgan fingerprint density at radius 3 is 2.45 bits per heavy atom. The van der Waals surface area contributed by atoms with Gasteiger partial charge in [-0.25, -0.2) is 0 Å². The van der Waals surface area contributed by atoms with Crippen molar-refractivity contribution in [2.75, 3.05) is 20.3 Å². The van der Waals surface area contributed by atoms with E-state index in [1.54, 1.807) is 13.2 Å². The molecule has 0 aliphatic heterocycles.